The molecule has 0 bridgehead atoms. The lowest BCUT2D eigenvalue weighted by molar-refractivity contribution is -0.150. The number of benzene rings is 1. The Morgan fingerprint density at radius 2 is 1.82 bits per heavy atom. The average Bonchev–Trinajstić information content (AvgIpc) is 2.99. The van der Waals surface area contributed by atoms with Gasteiger partial charge < -0.3 is 10.1 Å². The molecule has 180 valence electrons. The van der Waals surface area contributed by atoms with E-state index >= 15 is 0 Å². The molecule has 0 aromatic heterocycles. The SMILES string of the molecule is Cc1ccc(S(=O)(=O)NCCC(=O)OCC(=O)NN2C(=O)NC3(CCC(C)CC3)C2=O)cc1. The molecule has 2 fully saturated rings. The smallest absolute Gasteiger partial charge is 0.344 e. The summed E-state index contributed by atoms with van der Waals surface area (Å²) in [6, 6.07) is 5.49. The summed E-state index contributed by atoms with van der Waals surface area (Å²) in [4.78, 5) is 48.9. The standard InChI is InChI=1S/C21H28N4O7S/c1-14-3-5-16(6-4-14)33(30,31)22-12-9-18(27)32-13-17(26)24-25-19(28)21(23-20(25)29)10-7-15(2)8-11-21/h3-6,15,22H,7-13H2,1-2H3,(H,23,29)(H,24,26). The van der Waals surface area contributed by atoms with Crippen molar-refractivity contribution in [1.82, 2.24) is 20.5 Å². The number of urea groups is 1. The number of hydrogen-bond acceptors (Lipinski definition) is 7. The van der Waals surface area contributed by atoms with Crippen LogP contribution in [0.2, 0.25) is 0 Å². The number of hydrogen-bond donors (Lipinski definition) is 3. The van der Waals surface area contributed by atoms with Gasteiger partial charge in [0.05, 0.1) is 11.3 Å². The van der Waals surface area contributed by atoms with Crippen molar-refractivity contribution in [2.24, 2.45) is 5.92 Å². The number of sulfonamides is 1. The van der Waals surface area contributed by atoms with Crippen LogP contribution in [0.4, 0.5) is 4.79 Å². The van der Waals surface area contributed by atoms with Crippen LogP contribution in [-0.2, 0) is 29.1 Å². The van der Waals surface area contributed by atoms with E-state index in [0.717, 1.165) is 18.4 Å². The number of aryl methyl sites for hydroxylation is 1. The van der Waals surface area contributed by atoms with Gasteiger partial charge in [-0.3, -0.25) is 19.8 Å². The quantitative estimate of drug-likeness (QED) is 0.367. The molecule has 1 saturated carbocycles. The molecule has 3 N–H and O–H groups in total. The molecule has 1 aromatic carbocycles. The van der Waals surface area contributed by atoms with Crippen molar-refractivity contribution in [3.05, 3.63) is 29.8 Å². The zero-order chi connectivity index (χ0) is 24.2. The Balaban J connectivity index is 1.41. The molecule has 1 aromatic rings. The summed E-state index contributed by atoms with van der Waals surface area (Å²) in [5.41, 5.74) is 2.08. The molecule has 1 heterocycles. The molecule has 1 aliphatic carbocycles. The van der Waals surface area contributed by atoms with Crippen molar-refractivity contribution in [3.8, 4) is 0 Å². The second-order valence-electron chi connectivity index (χ2n) is 8.49. The van der Waals surface area contributed by atoms with Crippen LogP contribution >= 0.6 is 0 Å². The highest BCUT2D eigenvalue weighted by Gasteiger charge is 2.52. The number of nitrogens with one attached hydrogen (secondary N) is 3. The third kappa shape index (κ3) is 5.88. The Hall–Kier alpha value is -2.99. The Kier molecular flexibility index (Phi) is 7.38. The van der Waals surface area contributed by atoms with Crippen molar-refractivity contribution in [3.63, 3.8) is 0 Å². The molecule has 33 heavy (non-hydrogen) atoms. The maximum absolute atomic E-state index is 12.7. The fourth-order valence-electron chi connectivity index (χ4n) is 3.78. The van der Waals surface area contributed by atoms with E-state index in [0.29, 0.717) is 23.8 Å². The third-order valence-electron chi connectivity index (χ3n) is 5.84. The predicted molar refractivity (Wildman–Crippen MR) is 116 cm³/mol. The van der Waals surface area contributed by atoms with Gasteiger partial charge in [0, 0.05) is 6.54 Å². The summed E-state index contributed by atoms with van der Waals surface area (Å²) >= 11 is 0. The summed E-state index contributed by atoms with van der Waals surface area (Å²) in [7, 11) is -3.77. The summed E-state index contributed by atoms with van der Waals surface area (Å²) < 4.78 is 31.5. The molecule has 0 radical (unpaired) electrons. The van der Waals surface area contributed by atoms with Crippen LogP contribution in [0.3, 0.4) is 0 Å². The second-order valence-corrected chi connectivity index (χ2v) is 10.3. The number of carbonyl (C=O) groups excluding carboxylic acids is 4. The van der Waals surface area contributed by atoms with E-state index in [2.05, 4.69) is 22.4 Å². The maximum Gasteiger partial charge on any atom is 0.344 e. The molecule has 1 aliphatic heterocycles. The first-order valence-corrected chi connectivity index (χ1v) is 12.2. The molecule has 4 amide bonds. The van der Waals surface area contributed by atoms with Crippen molar-refractivity contribution >= 4 is 33.8 Å². The van der Waals surface area contributed by atoms with E-state index in [4.69, 9.17) is 4.74 Å². The van der Waals surface area contributed by atoms with Crippen LogP contribution in [0.25, 0.3) is 0 Å². The Morgan fingerprint density at radius 3 is 2.45 bits per heavy atom. The fraction of sp³-hybridized carbons (Fsp3) is 0.524. The largest absolute Gasteiger partial charge is 0.455 e. The van der Waals surface area contributed by atoms with Gasteiger partial charge in [-0.2, -0.15) is 5.01 Å². The summed E-state index contributed by atoms with van der Waals surface area (Å²) in [5.74, 6) is -1.73. The topological polar surface area (TPSA) is 151 Å². The number of nitrogens with zero attached hydrogens (tertiary/aromatic N) is 1. The van der Waals surface area contributed by atoms with Gasteiger partial charge in [0.15, 0.2) is 6.61 Å². The van der Waals surface area contributed by atoms with Crippen LogP contribution in [0.1, 0.15) is 44.6 Å². The number of hydrazine groups is 1. The molecule has 12 heteroatoms. The number of ether oxygens (including phenoxy) is 1. The first-order valence-electron chi connectivity index (χ1n) is 10.7. The average molecular weight is 481 g/mol. The highest BCUT2D eigenvalue weighted by Crippen LogP contribution is 2.35. The molecule has 1 spiro atoms. The van der Waals surface area contributed by atoms with E-state index < -0.39 is 46.0 Å². The summed E-state index contributed by atoms with van der Waals surface area (Å²) in [6.45, 7) is 2.97. The van der Waals surface area contributed by atoms with Crippen molar-refractivity contribution < 1.29 is 32.3 Å². The highest BCUT2D eigenvalue weighted by atomic mass is 32.2. The van der Waals surface area contributed by atoms with Crippen LogP contribution in [0, 0.1) is 12.8 Å². The van der Waals surface area contributed by atoms with Gasteiger partial charge in [-0.15, -0.1) is 0 Å². The first kappa shape index (κ1) is 24.6. The van der Waals surface area contributed by atoms with Gasteiger partial charge in [-0.05, 0) is 50.7 Å². The minimum atomic E-state index is -3.77. The zero-order valence-corrected chi connectivity index (χ0v) is 19.4. The number of carbonyl (C=O) groups is 4. The lowest BCUT2D eigenvalue weighted by Gasteiger charge is -2.33. The van der Waals surface area contributed by atoms with Crippen LogP contribution in [-0.4, -0.2) is 55.9 Å². The van der Waals surface area contributed by atoms with Crippen molar-refractivity contribution in [1.29, 1.82) is 0 Å². The third-order valence-corrected chi connectivity index (χ3v) is 7.32. The molecule has 2 aliphatic rings. The van der Waals surface area contributed by atoms with Crippen molar-refractivity contribution in [2.75, 3.05) is 13.2 Å². The Bertz CT molecular complexity index is 1030. The molecule has 0 atom stereocenters. The molecule has 1 saturated heterocycles. The lowest BCUT2D eigenvalue weighted by atomic mass is 9.77. The molecular weight excluding hydrogens is 452 g/mol. The lowest BCUT2D eigenvalue weighted by Crippen LogP contribution is -2.52. The molecule has 3 rings (SSSR count). The number of rotatable bonds is 8. The van der Waals surface area contributed by atoms with Crippen LogP contribution in [0.15, 0.2) is 29.2 Å². The normalized spacial score (nSPS) is 22.8. The highest BCUT2D eigenvalue weighted by molar-refractivity contribution is 7.89. The van der Waals surface area contributed by atoms with E-state index in [9.17, 15) is 27.6 Å². The molecule has 0 unspecified atom stereocenters. The number of imide groups is 1. The van der Waals surface area contributed by atoms with Gasteiger partial charge in [-0.1, -0.05) is 24.6 Å². The van der Waals surface area contributed by atoms with Gasteiger partial charge in [0.25, 0.3) is 11.8 Å². The summed E-state index contributed by atoms with van der Waals surface area (Å²) in [5, 5.41) is 3.30. The van der Waals surface area contributed by atoms with E-state index in [-0.39, 0.29) is 17.9 Å². The van der Waals surface area contributed by atoms with Crippen LogP contribution < -0.4 is 15.5 Å². The second kappa shape index (κ2) is 9.87. The predicted octanol–water partition coefficient (Wildman–Crippen LogP) is 0.739. The van der Waals surface area contributed by atoms with E-state index in [1.807, 2.05) is 6.92 Å². The molecule has 11 nitrogen and oxygen atoms in total. The Morgan fingerprint density at radius 1 is 1.18 bits per heavy atom. The number of amides is 4. The first-order chi connectivity index (χ1) is 15.5. The van der Waals surface area contributed by atoms with E-state index in [1.54, 1.807) is 12.1 Å². The minimum absolute atomic E-state index is 0.0691. The van der Waals surface area contributed by atoms with Gasteiger partial charge in [-0.25, -0.2) is 17.9 Å². The fourth-order valence-corrected chi connectivity index (χ4v) is 4.81. The van der Waals surface area contributed by atoms with Crippen molar-refractivity contribution in [2.45, 2.75) is 56.4 Å². The van der Waals surface area contributed by atoms with Gasteiger partial charge in [0.2, 0.25) is 10.0 Å². The van der Waals surface area contributed by atoms with E-state index in [1.165, 1.54) is 12.1 Å². The van der Waals surface area contributed by atoms with Gasteiger partial charge >= 0.3 is 12.0 Å². The van der Waals surface area contributed by atoms with Gasteiger partial charge in [0.1, 0.15) is 5.54 Å². The Labute approximate surface area is 192 Å². The van der Waals surface area contributed by atoms with Crippen LogP contribution in [0.5, 0.6) is 0 Å². The summed E-state index contributed by atoms with van der Waals surface area (Å²) in [6.07, 6.45) is 2.28. The zero-order valence-electron chi connectivity index (χ0n) is 18.5. The minimum Gasteiger partial charge on any atom is -0.455 e. The molecular formula is C21H28N4O7S. The maximum atomic E-state index is 12.7. The number of esters is 1. The monoisotopic (exact) mass is 480 g/mol.